The number of benzene rings is 1. The molecule has 1 aliphatic carbocycles. The average molecular weight is 255 g/mol. The second kappa shape index (κ2) is 3.80. The van der Waals surface area contributed by atoms with E-state index in [-0.39, 0.29) is 23.3 Å². The molecule has 98 valence electrons. The van der Waals surface area contributed by atoms with Crippen molar-refractivity contribution in [3.8, 4) is 0 Å². The first kappa shape index (κ1) is 12.2. The molecular weight excluding hydrogens is 238 g/mol. The quantitative estimate of drug-likeness (QED) is 0.723. The van der Waals surface area contributed by atoms with Crippen LogP contribution >= 0.6 is 0 Å². The van der Waals surface area contributed by atoms with E-state index >= 15 is 0 Å². The van der Waals surface area contributed by atoms with Crippen LogP contribution in [0.25, 0.3) is 0 Å². The summed E-state index contributed by atoms with van der Waals surface area (Å²) in [6, 6.07) is 6.20. The van der Waals surface area contributed by atoms with Gasteiger partial charge in [-0.2, -0.15) is 0 Å². The summed E-state index contributed by atoms with van der Waals surface area (Å²) in [5, 5.41) is 0. The molecule has 2 amide bonds. The van der Waals surface area contributed by atoms with Gasteiger partial charge in [0.1, 0.15) is 0 Å². The van der Waals surface area contributed by atoms with Gasteiger partial charge in [0.25, 0.3) is 11.8 Å². The molecule has 0 spiro atoms. The van der Waals surface area contributed by atoms with E-state index in [2.05, 4.69) is 32.0 Å². The number of fused-ring (bicyclic) bond motifs is 1. The molecule has 3 rings (SSSR count). The van der Waals surface area contributed by atoms with Gasteiger partial charge in [-0.3, -0.25) is 14.5 Å². The van der Waals surface area contributed by atoms with Crippen molar-refractivity contribution >= 4 is 11.8 Å². The minimum Gasteiger partial charge on any atom is -0.269 e. The minimum absolute atomic E-state index is 0.00313. The molecule has 1 aliphatic heterocycles. The van der Waals surface area contributed by atoms with Crippen molar-refractivity contribution in [3.05, 3.63) is 47.0 Å². The summed E-state index contributed by atoms with van der Waals surface area (Å²) in [7, 11) is 0. The predicted octanol–water partition coefficient (Wildman–Crippen LogP) is 2.64. The zero-order valence-electron chi connectivity index (χ0n) is 11.4. The summed E-state index contributed by atoms with van der Waals surface area (Å²) in [4.78, 5) is 25.2. The van der Waals surface area contributed by atoms with Gasteiger partial charge in [-0.1, -0.05) is 37.6 Å². The smallest absolute Gasteiger partial charge is 0.254 e. The number of imide groups is 1. The summed E-state index contributed by atoms with van der Waals surface area (Å²) in [6.07, 6.45) is 3.52. The fourth-order valence-electron chi connectivity index (χ4n) is 3.23. The number of carbonyl (C=O) groups is 2. The number of rotatable bonds is 1. The van der Waals surface area contributed by atoms with Crippen LogP contribution in [-0.4, -0.2) is 16.7 Å². The van der Waals surface area contributed by atoms with E-state index in [1.165, 1.54) is 22.6 Å². The number of hydrogen-bond donors (Lipinski definition) is 0. The first-order chi connectivity index (χ1) is 8.90. The fraction of sp³-hybridized carbons (Fsp3) is 0.375. The molecule has 1 heterocycles. The molecule has 3 heteroatoms. The third kappa shape index (κ3) is 1.72. The summed E-state index contributed by atoms with van der Waals surface area (Å²) < 4.78 is 0. The Hall–Kier alpha value is -1.90. The largest absolute Gasteiger partial charge is 0.269 e. The highest BCUT2D eigenvalue weighted by molar-refractivity contribution is 6.13. The Balaban J connectivity index is 2.10. The van der Waals surface area contributed by atoms with Crippen LogP contribution < -0.4 is 0 Å². The van der Waals surface area contributed by atoms with Crippen LogP contribution in [0, 0.1) is 6.92 Å². The Morgan fingerprint density at radius 3 is 2.42 bits per heavy atom. The van der Waals surface area contributed by atoms with Gasteiger partial charge in [0.15, 0.2) is 0 Å². The topological polar surface area (TPSA) is 37.4 Å². The van der Waals surface area contributed by atoms with Crippen LogP contribution in [0.4, 0.5) is 0 Å². The lowest BCUT2D eigenvalue weighted by Crippen LogP contribution is -2.34. The molecular formula is C16H17NO2. The monoisotopic (exact) mass is 255 g/mol. The van der Waals surface area contributed by atoms with E-state index in [0.29, 0.717) is 0 Å². The second-order valence-electron chi connectivity index (χ2n) is 6.07. The highest BCUT2D eigenvalue weighted by Crippen LogP contribution is 2.48. The summed E-state index contributed by atoms with van der Waals surface area (Å²) in [5.74, 6) is -0.389. The van der Waals surface area contributed by atoms with E-state index in [1.807, 2.05) is 6.92 Å². The lowest BCUT2D eigenvalue weighted by molar-refractivity contribution is -0.139. The maximum absolute atomic E-state index is 11.9. The number of hydrogen-bond acceptors (Lipinski definition) is 2. The molecule has 1 aromatic carbocycles. The molecule has 3 nitrogen and oxygen atoms in total. The number of nitrogens with zero attached hydrogens (tertiary/aromatic N) is 1. The van der Waals surface area contributed by atoms with Crippen molar-refractivity contribution in [2.75, 3.05) is 0 Å². The molecule has 1 atom stereocenters. The van der Waals surface area contributed by atoms with E-state index in [4.69, 9.17) is 0 Å². The summed E-state index contributed by atoms with van der Waals surface area (Å²) >= 11 is 0. The normalized spacial score (nSPS) is 24.2. The summed E-state index contributed by atoms with van der Waals surface area (Å²) in [5.41, 5.74) is 3.52. The highest BCUT2D eigenvalue weighted by atomic mass is 16.2. The second-order valence-corrected chi connectivity index (χ2v) is 6.07. The SMILES string of the molecule is Cc1ccc2c(c1)[C@@H](N1C(=O)C=CC1=O)CC2(C)C. The lowest BCUT2D eigenvalue weighted by atomic mass is 9.86. The molecule has 1 aromatic rings. The third-order valence-corrected chi connectivity index (χ3v) is 4.15. The van der Waals surface area contributed by atoms with E-state index in [0.717, 1.165) is 17.5 Å². The van der Waals surface area contributed by atoms with Crippen molar-refractivity contribution in [2.45, 2.75) is 38.6 Å². The molecule has 0 aromatic heterocycles. The molecule has 2 aliphatic rings. The molecule has 0 bridgehead atoms. The Morgan fingerprint density at radius 2 is 1.79 bits per heavy atom. The average Bonchev–Trinajstić information content (AvgIpc) is 2.77. The Labute approximate surface area is 112 Å². The summed E-state index contributed by atoms with van der Waals surface area (Å²) in [6.45, 7) is 6.37. The Morgan fingerprint density at radius 1 is 1.16 bits per heavy atom. The van der Waals surface area contributed by atoms with Crippen molar-refractivity contribution < 1.29 is 9.59 Å². The van der Waals surface area contributed by atoms with Gasteiger partial charge in [-0.25, -0.2) is 0 Å². The molecule has 19 heavy (non-hydrogen) atoms. The number of aryl methyl sites for hydroxylation is 1. The number of amides is 2. The van der Waals surface area contributed by atoms with Gasteiger partial charge >= 0.3 is 0 Å². The Kier molecular flexibility index (Phi) is 2.43. The Bertz CT molecular complexity index is 595. The van der Waals surface area contributed by atoms with Gasteiger partial charge < -0.3 is 0 Å². The van der Waals surface area contributed by atoms with Crippen molar-refractivity contribution in [2.24, 2.45) is 0 Å². The molecule has 0 radical (unpaired) electrons. The zero-order valence-corrected chi connectivity index (χ0v) is 11.4. The lowest BCUT2D eigenvalue weighted by Gasteiger charge is -2.24. The van der Waals surface area contributed by atoms with E-state index in [1.54, 1.807) is 0 Å². The van der Waals surface area contributed by atoms with Crippen LogP contribution in [-0.2, 0) is 15.0 Å². The fourth-order valence-corrected chi connectivity index (χ4v) is 3.23. The van der Waals surface area contributed by atoms with Gasteiger partial charge in [0.05, 0.1) is 6.04 Å². The van der Waals surface area contributed by atoms with Gasteiger partial charge in [-0.05, 0) is 29.9 Å². The standard InChI is InChI=1S/C16H17NO2/c1-10-4-5-12-11(8-10)13(9-16(12,2)3)17-14(18)6-7-15(17)19/h4-8,13H,9H2,1-3H3/t13-/m0/s1. The minimum atomic E-state index is -0.194. The first-order valence-corrected chi connectivity index (χ1v) is 6.56. The molecule has 0 saturated carbocycles. The van der Waals surface area contributed by atoms with Crippen molar-refractivity contribution in [1.29, 1.82) is 0 Å². The van der Waals surface area contributed by atoms with Gasteiger partial charge in [-0.15, -0.1) is 0 Å². The maximum atomic E-state index is 11.9. The third-order valence-electron chi connectivity index (χ3n) is 4.15. The van der Waals surface area contributed by atoms with Crippen molar-refractivity contribution in [3.63, 3.8) is 0 Å². The van der Waals surface area contributed by atoms with Crippen LogP contribution in [0.3, 0.4) is 0 Å². The van der Waals surface area contributed by atoms with Gasteiger partial charge in [0, 0.05) is 12.2 Å². The van der Waals surface area contributed by atoms with E-state index < -0.39 is 0 Å². The van der Waals surface area contributed by atoms with Crippen LogP contribution in [0.1, 0.15) is 43.0 Å². The van der Waals surface area contributed by atoms with Crippen LogP contribution in [0.2, 0.25) is 0 Å². The van der Waals surface area contributed by atoms with Gasteiger partial charge in [0.2, 0.25) is 0 Å². The van der Waals surface area contributed by atoms with E-state index in [9.17, 15) is 9.59 Å². The first-order valence-electron chi connectivity index (χ1n) is 6.56. The van der Waals surface area contributed by atoms with Crippen LogP contribution in [0.5, 0.6) is 0 Å². The maximum Gasteiger partial charge on any atom is 0.254 e. The highest BCUT2D eigenvalue weighted by Gasteiger charge is 2.43. The molecule has 0 fully saturated rings. The van der Waals surface area contributed by atoms with Crippen molar-refractivity contribution in [1.82, 2.24) is 4.90 Å². The number of carbonyl (C=O) groups excluding carboxylic acids is 2. The zero-order chi connectivity index (χ0) is 13.8. The molecule has 0 N–H and O–H groups in total. The predicted molar refractivity (Wildman–Crippen MR) is 72.6 cm³/mol. The molecule has 0 saturated heterocycles. The molecule has 0 unspecified atom stereocenters. The van der Waals surface area contributed by atoms with Crippen LogP contribution in [0.15, 0.2) is 30.4 Å².